The minimum Gasteiger partial charge on any atom is -0.410 e. The van der Waals surface area contributed by atoms with Crippen LogP contribution in [0.2, 0.25) is 23.2 Å². The Morgan fingerprint density at radius 1 is 1.03 bits per heavy atom. The van der Waals surface area contributed by atoms with Gasteiger partial charge in [-0.3, -0.25) is 0 Å². The zero-order valence-electron chi connectivity index (χ0n) is 18.0. The summed E-state index contributed by atoms with van der Waals surface area (Å²) in [6.45, 7) is 13.9. The average molecular weight is 441 g/mol. The van der Waals surface area contributed by atoms with Crippen molar-refractivity contribution in [3.05, 3.63) is 75.6 Å². The van der Waals surface area contributed by atoms with Gasteiger partial charge in [-0.1, -0.05) is 87.4 Å². The maximum Gasteiger partial charge on any atom is 0.152 e. The van der Waals surface area contributed by atoms with Gasteiger partial charge in [0.2, 0.25) is 0 Å². The van der Waals surface area contributed by atoms with E-state index in [1.165, 1.54) is 28.4 Å². The lowest BCUT2D eigenvalue weighted by Crippen LogP contribution is -2.50. The van der Waals surface area contributed by atoms with Crippen LogP contribution in [0.15, 0.2) is 54.6 Å². The van der Waals surface area contributed by atoms with Gasteiger partial charge in [0, 0.05) is 16.3 Å². The lowest BCUT2D eigenvalue weighted by atomic mass is 10.1. The highest BCUT2D eigenvalue weighted by Crippen LogP contribution is 2.36. The summed E-state index contributed by atoms with van der Waals surface area (Å²) < 4.78 is 4.66. The Balaban J connectivity index is 1.98. The Morgan fingerprint density at radius 3 is 2.24 bits per heavy atom. The normalized spacial score (nSPS) is 12.9. The standard InChI is InChI=1S/C24H29ClN2SSi/c1-17-7-9-19(10-8-17)23(27-29(5,6)24(2,3)4)16-21-15-22(26-28-21)18-11-13-20(25)14-12-18/h7-16,27H,1-6H3/b23-16-. The molecule has 0 unspecified atom stereocenters. The van der Waals surface area contributed by atoms with E-state index in [4.69, 9.17) is 11.6 Å². The molecule has 29 heavy (non-hydrogen) atoms. The van der Waals surface area contributed by atoms with Crippen molar-refractivity contribution < 1.29 is 0 Å². The molecule has 3 rings (SSSR count). The molecule has 3 aromatic rings. The van der Waals surface area contributed by atoms with Crippen molar-refractivity contribution in [1.29, 1.82) is 0 Å². The van der Waals surface area contributed by atoms with Crippen LogP contribution >= 0.6 is 23.1 Å². The van der Waals surface area contributed by atoms with E-state index in [0.717, 1.165) is 21.2 Å². The molecule has 0 aliphatic rings. The van der Waals surface area contributed by atoms with Gasteiger partial charge in [0.05, 0.1) is 10.6 Å². The molecule has 0 saturated carbocycles. The molecular weight excluding hydrogens is 412 g/mol. The van der Waals surface area contributed by atoms with Crippen LogP contribution in [0.4, 0.5) is 0 Å². The maximum absolute atomic E-state index is 6.02. The molecule has 0 radical (unpaired) electrons. The minimum absolute atomic E-state index is 0.235. The summed E-state index contributed by atoms with van der Waals surface area (Å²) >= 11 is 7.54. The molecule has 2 aromatic carbocycles. The number of benzene rings is 2. The fraction of sp³-hybridized carbons (Fsp3) is 0.292. The van der Waals surface area contributed by atoms with Crippen LogP contribution in [0.1, 0.15) is 36.8 Å². The smallest absolute Gasteiger partial charge is 0.152 e. The Labute approximate surface area is 184 Å². The van der Waals surface area contributed by atoms with E-state index in [0.29, 0.717) is 0 Å². The SMILES string of the molecule is Cc1ccc(/C(=C/c2cc(-c3ccc(Cl)cc3)ns2)N[Si](C)(C)C(C)(C)C)cc1. The van der Waals surface area contributed by atoms with Crippen LogP contribution in [0.5, 0.6) is 0 Å². The molecule has 1 aromatic heterocycles. The second-order valence-electron chi connectivity index (χ2n) is 9.05. The maximum atomic E-state index is 6.02. The first-order valence-electron chi connectivity index (χ1n) is 9.85. The van der Waals surface area contributed by atoms with Gasteiger partial charge in [-0.25, -0.2) is 0 Å². The summed E-state index contributed by atoms with van der Waals surface area (Å²) in [6.07, 6.45) is 2.24. The largest absolute Gasteiger partial charge is 0.410 e. The van der Waals surface area contributed by atoms with Crippen LogP contribution in [-0.4, -0.2) is 12.6 Å². The molecule has 5 heteroatoms. The monoisotopic (exact) mass is 440 g/mol. The number of halogens is 1. The molecule has 1 N–H and O–H groups in total. The highest BCUT2D eigenvalue weighted by atomic mass is 35.5. The number of aromatic nitrogens is 1. The number of rotatable bonds is 5. The zero-order valence-corrected chi connectivity index (χ0v) is 20.6. The van der Waals surface area contributed by atoms with Crippen molar-refractivity contribution in [2.45, 2.75) is 45.8 Å². The Hall–Kier alpha value is -1.88. The molecule has 0 fully saturated rings. The van der Waals surface area contributed by atoms with Crippen molar-refractivity contribution in [3.63, 3.8) is 0 Å². The van der Waals surface area contributed by atoms with Crippen LogP contribution in [0, 0.1) is 6.92 Å². The highest BCUT2D eigenvalue weighted by Gasteiger charge is 2.36. The van der Waals surface area contributed by atoms with Crippen molar-refractivity contribution in [3.8, 4) is 11.3 Å². The van der Waals surface area contributed by atoms with Crippen molar-refractivity contribution >= 4 is 43.1 Å². The molecule has 0 saturated heterocycles. The van der Waals surface area contributed by atoms with Gasteiger partial charge in [0.15, 0.2) is 8.24 Å². The molecule has 2 nitrogen and oxygen atoms in total. The summed E-state index contributed by atoms with van der Waals surface area (Å²) in [6, 6.07) is 18.7. The molecule has 1 heterocycles. The first kappa shape index (κ1) is 21.8. The van der Waals surface area contributed by atoms with E-state index in [9.17, 15) is 0 Å². The van der Waals surface area contributed by atoms with Gasteiger partial charge in [-0.15, -0.1) is 0 Å². The van der Waals surface area contributed by atoms with Gasteiger partial charge in [0.25, 0.3) is 0 Å². The second-order valence-corrected chi connectivity index (χ2v) is 15.3. The van der Waals surface area contributed by atoms with Gasteiger partial charge in [-0.2, -0.15) is 4.37 Å². The third-order valence-corrected chi connectivity index (χ3v) is 11.3. The Kier molecular flexibility index (Phi) is 6.37. The molecule has 0 atom stereocenters. The number of hydrogen-bond acceptors (Lipinski definition) is 3. The second kappa shape index (κ2) is 8.47. The van der Waals surface area contributed by atoms with Crippen LogP contribution in [-0.2, 0) is 0 Å². The van der Waals surface area contributed by atoms with Gasteiger partial charge in [-0.05, 0) is 53.3 Å². The summed E-state index contributed by atoms with van der Waals surface area (Å²) in [5.41, 5.74) is 5.71. The number of nitrogens with zero attached hydrogens (tertiary/aromatic N) is 1. The van der Waals surface area contributed by atoms with Gasteiger partial charge >= 0.3 is 0 Å². The lowest BCUT2D eigenvalue weighted by molar-refractivity contribution is 0.708. The van der Waals surface area contributed by atoms with Crippen LogP contribution in [0.3, 0.4) is 0 Å². The van der Waals surface area contributed by atoms with E-state index in [1.54, 1.807) is 0 Å². The quantitative estimate of drug-likeness (QED) is 0.408. The molecule has 0 bridgehead atoms. The van der Waals surface area contributed by atoms with Crippen molar-refractivity contribution in [2.24, 2.45) is 0 Å². The molecule has 152 valence electrons. The first-order valence-corrected chi connectivity index (χ1v) is 14.0. The first-order chi connectivity index (χ1) is 13.5. The van der Waals surface area contributed by atoms with Crippen LogP contribution in [0.25, 0.3) is 23.0 Å². The molecular formula is C24H29ClN2SSi. The van der Waals surface area contributed by atoms with Gasteiger partial charge < -0.3 is 4.98 Å². The average Bonchev–Trinajstić information content (AvgIpc) is 3.10. The minimum atomic E-state index is -1.73. The van der Waals surface area contributed by atoms with E-state index in [1.807, 2.05) is 24.3 Å². The van der Waals surface area contributed by atoms with E-state index < -0.39 is 8.24 Å². The van der Waals surface area contributed by atoms with E-state index in [2.05, 4.69) is 86.6 Å². The third-order valence-electron chi connectivity index (χ3n) is 5.64. The third kappa shape index (κ3) is 5.38. The van der Waals surface area contributed by atoms with Crippen molar-refractivity contribution in [2.75, 3.05) is 0 Å². The zero-order chi connectivity index (χ0) is 21.2. The predicted molar refractivity (Wildman–Crippen MR) is 132 cm³/mol. The summed E-state index contributed by atoms with van der Waals surface area (Å²) in [5, 5.41) is 0.975. The number of aryl methyl sites for hydroxylation is 1. The molecule has 0 aliphatic heterocycles. The Bertz CT molecular complexity index is 997. The predicted octanol–water partition coefficient (Wildman–Crippen LogP) is 7.86. The number of nitrogens with one attached hydrogen (secondary N) is 1. The summed E-state index contributed by atoms with van der Waals surface area (Å²) in [7, 11) is -1.73. The molecule has 0 spiro atoms. The topological polar surface area (TPSA) is 24.9 Å². The number of hydrogen-bond donors (Lipinski definition) is 1. The Morgan fingerprint density at radius 2 is 1.66 bits per heavy atom. The van der Waals surface area contributed by atoms with E-state index in [-0.39, 0.29) is 5.04 Å². The summed E-state index contributed by atoms with van der Waals surface area (Å²) in [4.78, 5) is 5.07. The highest BCUT2D eigenvalue weighted by molar-refractivity contribution is 7.07. The fourth-order valence-corrected chi connectivity index (χ4v) is 4.79. The molecule has 0 aliphatic carbocycles. The van der Waals surface area contributed by atoms with E-state index >= 15 is 0 Å². The van der Waals surface area contributed by atoms with Crippen LogP contribution < -0.4 is 4.98 Å². The molecule has 0 amide bonds. The lowest BCUT2D eigenvalue weighted by Gasteiger charge is -2.39. The summed E-state index contributed by atoms with van der Waals surface area (Å²) in [5.74, 6) is 0. The van der Waals surface area contributed by atoms with Crippen molar-refractivity contribution in [1.82, 2.24) is 9.36 Å². The fourth-order valence-electron chi connectivity index (χ4n) is 2.71. The van der Waals surface area contributed by atoms with Gasteiger partial charge in [0.1, 0.15) is 0 Å².